The van der Waals surface area contributed by atoms with Crippen LogP contribution in [0.3, 0.4) is 0 Å². The molecular weight excluding hydrogens is 290 g/mol. The molecule has 2 aliphatic rings. The van der Waals surface area contributed by atoms with Crippen molar-refractivity contribution in [3.63, 3.8) is 0 Å². The first-order chi connectivity index (χ1) is 11.2. The Hall–Kier alpha value is -1.43. The summed E-state index contributed by atoms with van der Waals surface area (Å²) in [5.74, 6) is 0.187. The van der Waals surface area contributed by atoms with Gasteiger partial charge in [0, 0.05) is 38.5 Å². The van der Waals surface area contributed by atoms with Gasteiger partial charge in [-0.05, 0) is 37.3 Å². The molecule has 0 aromatic heterocycles. The van der Waals surface area contributed by atoms with E-state index in [0.717, 1.165) is 44.5 Å². The lowest BCUT2D eigenvalue weighted by atomic mass is 9.98. The number of hydrogen-bond acceptors (Lipinski definition) is 4. The Kier molecular flexibility index (Phi) is 5.30. The smallest absolute Gasteiger partial charge is 0.241 e. The zero-order chi connectivity index (χ0) is 16.2. The molecule has 126 valence electrons. The van der Waals surface area contributed by atoms with Crippen LogP contribution in [0.1, 0.15) is 24.8 Å². The van der Waals surface area contributed by atoms with Gasteiger partial charge in [-0.1, -0.05) is 18.2 Å². The number of para-hydroxylation sites is 1. The normalized spacial score (nSPS) is 25.2. The van der Waals surface area contributed by atoms with Crippen LogP contribution in [-0.4, -0.2) is 56.2 Å². The number of carbonyl (C=O) groups is 1. The fourth-order valence-electron chi connectivity index (χ4n) is 3.78. The van der Waals surface area contributed by atoms with Gasteiger partial charge in [-0.3, -0.25) is 9.69 Å². The Morgan fingerprint density at radius 1 is 1.35 bits per heavy atom. The number of hydrogen-bond donors (Lipinski definition) is 1. The van der Waals surface area contributed by atoms with Gasteiger partial charge in [-0.15, -0.1) is 0 Å². The molecule has 2 N–H and O–H groups in total. The number of aryl methyl sites for hydroxylation is 1. The van der Waals surface area contributed by atoms with E-state index in [-0.39, 0.29) is 18.1 Å². The van der Waals surface area contributed by atoms with Crippen LogP contribution in [0.2, 0.25) is 0 Å². The first-order valence-corrected chi connectivity index (χ1v) is 8.58. The largest absolute Gasteiger partial charge is 0.381 e. The summed E-state index contributed by atoms with van der Waals surface area (Å²) >= 11 is 0. The fourth-order valence-corrected chi connectivity index (χ4v) is 3.78. The van der Waals surface area contributed by atoms with E-state index in [0.29, 0.717) is 13.1 Å². The number of carbonyl (C=O) groups excluding carboxylic acids is 1. The molecule has 0 spiro atoms. The van der Waals surface area contributed by atoms with Crippen molar-refractivity contribution in [3.05, 3.63) is 29.8 Å². The second kappa shape index (κ2) is 7.43. The van der Waals surface area contributed by atoms with E-state index in [1.165, 1.54) is 5.56 Å². The molecule has 0 bridgehead atoms. The number of piperidine rings is 1. The summed E-state index contributed by atoms with van der Waals surface area (Å²) in [5, 5.41) is 0. The molecule has 1 saturated heterocycles. The minimum absolute atomic E-state index is 0.187. The summed E-state index contributed by atoms with van der Waals surface area (Å²) in [6.07, 6.45) is 4.25. The van der Waals surface area contributed by atoms with Gasteiger partial charge < -0.3 is 15.4 Å². The van der Waals surface area contributed by atoms with Crippen molar-refractivity contribution in [2.24, 2.45) is 5.73 Å². The molecule has 23 heavy (non-hydrogen) atoms. The lowest BCUT2D eigenvalue weighted by molar-refractivity contribution is -0.121. The van der Waals surface area contributed by atoms with E-state index in [9.17, 15) is 4.79 Å². The van der Waals surface area contributed by atoms with Crippen LogP contribution in [0.15, 0.2) is 24.3 Å². The lowest BCUT2D eigenvalue weighted by Crippen LogP contribution is -2.52. The number of methoxy groups -OCH3 is 1. The predicted molar refractivity (Wildman–Crippen MR) is 91.6 cm³/mol. The Morgan fingerprint density at radius 3 is 2.96 bits per heavy atom. The molecule has 1 amide bonds. The van der Waals surface area contributed by atoms with Gasteiger partial charge in [-0.25, -0.2) is 0 Å². The van der Waals surface area contributed by atoms with Gasteiger partial charge in [0.05, 0.1) is 12.6 Å². The van der Waals surface area contributed by atoms with Crippen molar-refractivity contribution in [3.8, 4) is 0 Å². The molecule has 0 radical (unpaired) electrons. The molecular formula is C18H27N3O2. The third-order valence-corrected chi connectivity index (χ3v) is 5.14. The topological polar surface area (TPSA) is 58.8 Å². The molecule has 2 atom stereocenters. The molecule has 5 heteroatoms. The SMILES string of the molecule is COC1CCN(CC(=O)N2CCCc3ccccc32)C(CN)C1. The van der Waals surface area contributed by atoms with Crippen molar-refractivity contribution in [1.82, 2.24) is 4.90 Å². The molecule has 3 rings (SSSR count). The van der Waals surface area contributed by atoms with Crippen LogP contribution in [0.25, 0.3) is 0 Å². The monoisotopic (exact) mass is 317 g/mol. The fraction of sp³-hybridized carbons (Fsp3) is 0.611. The number of rotatable bonds is 4. The molecule has 0 aliphatic carbocycles. The third kappa shape index (κ3) is 3.57. The molecule has 2 aliphatic heterocycles. The van der Waals surface area contributed by atoms with Crippen LogP contribution in [0.5, 0.6) is 0 Å². The number of amides is 1. The number of nitrogens with two attached hydrogens (primary N) is 1. The molecule has 5 nitrogen and oxygen atoms in total. The average molecular weight is 317 g/mol. The predicted octanol–water partition coefficient (Wildman–Crippen LogP) is 1.40. The van der Waals surface area contributed by atoms with Crippen molar-refractivity contribution in [1.29, 1.82) is 0 Å². The van der Waals surface area contributed by atoms with Crippen LogP contribution >= 0.6 is 0 Å². The van der Waals surface area contributed by atoms with E-state index in [1.54, 1.807) is 7.11 Å². The summed E-state index contributed by atoms with van der Waals surface area (Å²) in [6.45, 7) is 2.72. The van der Waals surface area contributed by atoms with Gasteiger partial charge in [0.1, 0.15) is 0 Å². The molecule has 1 aromatic carbocycles. The van der Waals surface area contributed by atoms with Crippen LogP contribution in [-0.2, 0) is 16.0 Å². The third-order valence-electron chi connectivity index (χ3n) is 5.14. The van der Waals surface area contributed by atoms with Gasteiger partial charge in [0.2, 0.25) is 5.91 Å². The maximum Gasteiger partial charge on any atom is 0.241 e. The van der Waals surface area contributed by atoms with E-state index in [4.69, 9.17) is 10.5 Å². The summed E-state index contributed by atoms with van der Waals surface area (Å²) in [6, 6.07) is 8.48. The number of benzene rings is 1. The molecule has 2 unspecified atom stereocenters. The van der Waals surface area contributed by atoms with E-state index >= 15 is 0 Å². The molecule has 1 fully saturated rings. The quantitative estimate of drug-likeness (QED) is 0.912. The lowest BCUT2D eigenvalue weighted by Gasteiger charge is -2.39. The summed E-state index contributed by atoms with van der Waals surface area (Å²) in [7, 11) is 1.75. The van der Waals surface area contributed by atoms with Gasteiger partial charge >= 0.3 is 0 Å². The number of anilines is 1. The molecule has 0 saturated carbocycles. The van der Waals surface area contributed by atoms with Crippen LogP contribution in [0.4, 0.5) is 5.69 Å². The maximum absolute atomic E-state index is 12.9. The molecule has 1 aromatic rings. The Morgan fingerprint density at radius 2 is 2.17 bits per heavy atom. The minimum atomic E-state index is 0.187. The number of likely N-dealkylation sites (tertiary alicyclic amines) is 1. The van der Waals surface area contributed by atoms with E-state index in [2.05, 4.69) is 17.0 Å². The van der Waals surface area contributed by atoms with Gasteiger partial charge in [0.15, 0.2) is 0 Å². The zero-order valence-corrected chi connectivity index (χ0v) is 13.9. The highest BCUT2D eigenvalue weighted by molar-refractivity contribution is 5.96. The van der Waals surface area contributed by atoms with Gasteiger partial charge in [0.25, 0.3) is 0 Å². The van der Waals surface area contributed by atoms with Gasteiger partial charge in [-0.2, -0.15) is 0 Å². The Labute approximate surface area is 138 Å². The average Bonchev–Trinajstić information content (AvgIpc) is 2.61. The Balaban J connectivity index is 1.68. The minimum Gasteiger partial charge on any atom is -0.381 e. The summed E-state index contributed by atoms with van der Waals surface area (Å²) in [4.78, 5) is 17.0. The van der Waals surface area contributed by atoms with E-state index in [1.807, 2.05) is 17.0 Å². The highest BCUT2D eigenvalue weighted by Gasteiger charge is 2.31. The second-order valence-corrected chi connectivity index (χ2v) is 6.52. The van der Waals surface area contributed by atoms with Crippen LogP contribution in [0, 0.1) is 0 Å². The van der Waals surface area contributed by atoms with E-state index < -0.39 is 0 Å². The number of ether oxygens (including phenoxy) is 1. The zero-order valence-electron chi connectivity index (χ0n) is 13.9. The number of nitrogens with zero attached hydrogens (tertiary/aromatic N) is 2. The maximum atomic E-state index is 12.9. The second-order valence-electron chi connectivity index (χ2n) is 6.52. The van der Waals surface area contributed by atoms with Crippen molar-refractivity contribution in [2.45, 2.75) is 37.8 Å². The summed E-state index contributed by atoms with van der Waals surface area (Å²) in [5.41, 5.74) is 8.28. The highest BCUT2D eigenvalue weighted by Crippen LogP contribution is 2.27. The first kappa shape index (κ1) is 16.4. The standard InChI is InChI=1S/C18H27N3O2/c1-23-16-8-10-20(15(11-16)12-19)13-18(22)21-9-4-6-14-5-2-3-7-17(14)21/h2-3,5,7,15-16H,4,6,8-13,19H2,1H3. The first-order valence-electron chi connectivity index (χ1n) is 8.58. The molecule has 2 heterocycles. The van der Waals surface area contributed by atoms with Crippen LogP contribution < -0.4 is 10.6 Å². The van der Waals surface area contributed by atoms with Crippen molar-refractivity contribution in [2.75, 3.05) is 38.2 Å². The Bertz CT molecular complexity index is 549. The van der Waals surface area contributed by atoms with Crippen molar-refractivity contribution < 1.29 is 9.53 Å². The van der Waals surface area contributed by atoms with Crippen molar-refractivity contribution >= 4 is 11.6 Å². The number of fused-ring (bicyclic) bond motifs is 1. The highest BCUT2D eigenvalue weighted by atomic mass is 16.5. The summed E-state index contributed by atoms with van der Waals surface area (Å²) < 4.78 is 5.46.